The van der Waals surface area contributed by atoms with Crippen molar-refractivity contribution in [3.8, 4) is 5.75 Å². The van der Waals surface area contributed by atoms with Gasteiger partial charge in [0.25, 0.3) is 0 Å². The van der Waals surface area contributed by atoms with Crippen molar-refractivity contribution in [1.29, 1.82) is 0 Å². The van der Waals surface area contributed by atoms with Crippen molar-refractivity contribution in [2.45, 2.75) is 31.7 Å². The van der Waals surface area contributed by atoms with Gasteiger partial charge in [0, 0.05) is 28.3 Å². The molecule has 0 radical (unpaired) electrons. The van der Waals surface area contributed by atoms with Gasteiger partial charge in [0.1, 0.15) is 17.1 Å². The van der Waals surface area contributed by atoms with E-state index in [0.29, 0.717) is 18.5 Å². The number of hydrogen-bond donors (Lipinski definition) is 0. The van der Waals surface area contributed by atoms with Crippen LogP contribution in [-0.2, 0) is 16.7 Å². The van der Waals surface area contributed by atoms with Crippen LogP contribution in [0.1, 0.15) is 31.6 Å². The number of rotatable bonds is 4. The summed E-state index contributed by atoms with van der Waals surface area (Å²) >= 11 is 6.10. The molecule has 2 heterocycles. The van der Waals surface area contributed by atoms with E-state index >= 15 is 0 Å². The highest BCUT2D eigenvalue weighted by Gasteiger charge is 2.24. The highest BCUT2D eigenvalue weighted by Crippen LogP contribution is 2.33. The number of benzene rings is 1. The molecule has 6 heteroatoms. The zero-order chi connectivity index (χ0) is 14.8. The average molecular weight is 327 g/mol. The van der Waals surface area contributed by atoms with Crippen LogP contribution < -0.4 is 4.74 Å². The number of hydrogen-bond acceptors (Lipinski definition) is 3. The zero-order valence-electron chi connectivity index (χ0n) is 12.0. The lowest BCUT2D eigenvalue weighted by atomic mass is 10.1. The zero-order valence-corrected chi connectivity index (χ0v) is 13.6. The Kier molecular flexibility index (Phi) is 4.50. The minimum atomic E-state index is -0.664. The molecule has 0 N–H and O–H groups in total. The Balaban J connectivity index is 2.08. The topological polar surface area (TPSA) is 44.1 Å². The van der Waals surface area contributed by atoms with Crippen molar-refractivity contribution in [3.63, 3.8) is 0 Å². The van der Waals surface area contributed by atoms with E-state index in [1.807, 2.05) is 19.1 Å². The molecule has 1 fully saturated rings. The molecule has 1 aromatic heterocycles. The monoisotopic (exact) mass is 326 g/mol. The second-order valence-corrected chi connectivity index (χ2v) is 7.13. The molecular formula is C15H19ClN2O2S. The first kappa shape index (κ1) is 14.9. The summed E-state index contributed by atoms with van der Waals surface area (Å²) in [7, 11) is -0.664. The normalized spacial score (nSPS) is 22.6. The molecule has 0 aliphatic carbocycles. The molecule has 0 atom stereocenters. The number of fused-ring (bicyclic) bond motifs is 1. The Morgan fingerprint density at radius 3 is 2.86 bits per heavy atom. The highest BCUT2D eigenvalue weighted by molar-refractivity contribution is 7.85. The maximum atomic E-state index is 11.6. The third-order valence-corrected chi connectivity index (χ3v) is 5.52. The molecule has 0 unspecified atom stereocenters. The van der Waals surface area contributed by atoms with E-state index in [1.165, 1.54) is 0 Å². The van der Waals surface area contributed by atoms with Crippen LogP contribution in [0.4, 0.5) is 0 Å². The average Bonchev–Trinajstić information content (AvgIpc) is 2.88. The van der Waals surface area contributed by atoms with Crippen LogP contribution in [0, 0.1) is 0 Å². The van der Waals surface area contributed by atoms with E-state index in [1.54, 1.807) is 0 Å². The quantitative estimate of drug-likeness (QED) is 0.810. The minimum Gasteiger partial charge on any atom is -0.492 e. The maximum absolute atomic E-state index is 11.6. The first-order valence-electron chi connectivity index (χ1n) is 7.28. The Morgan fingerprint density at radius 1 is 1.43 bits per heavy atom. The van der Waals surface area contributed by atoms with Gasteiger partial charge in [-0.15, -0.1) is 11.6 Å². The number of aromatic nitrogens is 2. The molecule has 3 rings (SSSR count). The fraction of sp³-hybridized carbons (Fsp3) is 0.533. The van der Waals surface area contributed by atoms with Gasteiger partial charge in [-0.25, -0.2) is 4.98 Å². The van der Waals surface area contributed by atoms with Gasteiger partial charge in [0.15, 0.2) is 0 Å². The van der Waals surface area contributed by atoms with Crippen LogP contribution in [-0.4, -0.2) is 31.9 Å². The molecular weight excluding hydrogens is 308 g/mol. The van der Waals surface area contributed by atoms with Crippen LogP contribution in [0.3, 0.4) is 0 Å². The molecule has 21 heavy (non-hydrogen) atoms. The number of alkyl halides is 1. The van der Waals surface area contributed by atoms with Gasteiger partial charge in [-0.1, -0.05) is 6.07 Å². The predicted molar refractivity (Wildman–Crippen MR) is 86.6 cm³/mol. The van der Waals surface area contributed by atoms with E-state index < -0.39 is 10.8 Å². The lowest BCUT2D eigenvalue weighted by Crippen LogP contribution is -2.22. The number of ether oxygens (including phenoxy) is 1. The Labute approximate surface area is 131 Å². The first-order valence-corrected chi connectivity index (χ1v) is 9.30. The summed E-state index contributed by atoms with van der Waals surface area (Å²) in [6.45, 7) is 2.58. The number of para-hydroxylation sites is 1. The van der Waals surface area contributed by atoms with E-state index in [9.17, 15) is 4.21 Å². The van der Waals surface area contributed by atoms with Gasteiger partial charge in [-0.05, 0) is 31.9 Å². The summed E-state index contributed by atoms with van der Waals surface area (Å²) in [5.41, 5.74) is 1.94. The third kappa shape index (κ3) is 2.81. The van der Waals surface area contributed by atoms with Crippen molar-refractivity contribution in [1.82, 2.24) is 9.55 Å². The molecule has 114 valence electrons. The summed E-state index contributed by atoms with van der Waals surface area (Å²) in [4.78, 5) is 4.67. The lowest BCUT2D eigenvalue weighted by Gasteiger charge is -2.25. The smallest absolute Gasteiger partial charge is 0.147 e. The van der Waals surface area contributed by atoms with E-state index in [-0.39, 0.29) is 0 Å². The summed E-state index contributed by atoms with van der Waals surface area (Å²) in [5.74, 6) is 3.57. The van der Waals surface area contributed by atoms with E-state index in [4.69, 9.17) is 16.3 Å². The second-order valence-electron chi connectivity index (χ2n) is 5.17. The van der Waals surface area contributed by atoms with Crippen molar-refractivity contribution < 1.29 is 8.95 Å². The molecule has 0 amide bonds. The van der Waals surface area contributed by atoms with Crippen molar-refractivity contribution in [2.24, 2.45) is 0 Å². The minimum absolute atomic E-state index is 0.332. The number of halogens is 1. The third-order valence-electron chi connectivity index (χ3n) is 3.90. The van der Waals surface area contributed by atoms with Gasteiger partial charge in [-0.3, -0.25) is 4.21 Å². The molecule has 0 bridgehead atoms. The van der Waals surface area contributed by atoms with E-state index in [2.05, 4.69) is 15.6 Å². The van der Waals surface area contributed by atoms with Crippen molar-refractivity contribution in [2.75, 3.05) is 18.1 Å². The van der Waals surface area contributed by atoms with Gasteiger partial charge in [0.05, 0.1) is 18.0 Å². The summed E-state index contributed by atoms with van der Waals surface area (Å²) in [6.07, 6.45) is 1.83. The second kappa shape index (κ2) is 6.36. The van der Waals surface area contributed by atoms with Crippen LogP contribution in [0.5, 0.6) is 5.75 Å². The number of nitrogens with zero attached hydrogens (tertiary/aromatic N) is 2. The summed E-state index contributed by atoms with van der Waals surface area (Å²) in [5, 5.41) is 0. The summed E-state index contributed by atoms with van der Waals surface area (Å²) in [6, 6.07) is 6.33. The Morgan fingerprint density at radius 2 is 2.19 bits per heavy atom. The predicted octanol–water partition coefficient (Wildman–Crippen LogP) is 3.26. The summed E-state index contributed by atoms with van der Waals surface area (Å²) < 4.78 is 19.5. The van der Waals surface area contributed by atoms with Crippen LogP contribution in [0.2, 0.25) is 0 Å². The van der Waals surface area contributed by atoms with Crippen LogP contribution in [0.15, 0.2) is 18.2 Å². The fourth-order valence-corrected chi connectivity index (χ4v) is 4.42. The molecule has 1 aliphatic rings. The standard InChI is InChI=1S/C15H19ClN2O2S/c1-2-20-13-5-3-4-12-15(13)17-14(10-16)18(12)11-6-8-21(19)9-7-11/h3-5,11H,2,6-10H2,1H3. The van der Waals surface area contributed by atoms with Crippen molar-refractivity contribution >= 4 is 33.4 Å². The van der Waals surface area contributed by atoms with Gasteiger partial charge >= 0.3 is 0 Å². The highest BCUT2D eigenvalue weighted by atomic mass is 35.5. The maximum Gasteiger partial charge on any atom is 0.147 e. The lowest BCUT2D eigenvalue weighted by molar-refractivity contribution is 0.343. The van der Waals surface area contributed by atoms with Gasteiger partial charge in [-0.2, -0.15) is 0 Å². The number of imidazole rings is 1. The molecule has 1 saturated heterocycles. The molecule has 0 spiro atoms. The van der Waals surface area contributed by atoms with E-state index in [0.717, 1.165) is 47.0 Å². The molecule has 0 saturated carbocycles. The largest absolute Gasteiger partial charge is 0.492 e. The van der Waals surface area contributed by atoms with Crippen LogP contribution >= 0.6 is 11.6 Å². The molecule has 4 nitrogen and oxygen atoms in total. The van der Waals surface area contributed by atoms with Gasteiger partial charge < -0.3 is 9.30 Å². The molecule has 1 aliphatic heterocycles. The Hall–Kier alpha value is -1.07. The van der Waals surface area contributed by atoms with Crippen LogP contribution in [0.25, 0.3) is 11.0 Å². The van der Waals surface area contributed by atoms with Crippen molar-refractivity contribution in [3.05, 3.63) is 24.0 Å². The fourth-order valence-electron chi connectivity index (χ4n) is 2.95. The Bertz CT molecular complexity index is 661. The molecule has 1 aromatic carbocycles. The van der Waals surface area contributed by atoms with Gasteiger partial charge in [0.2, 0.25) is 0 Å². The SMILES string of the molecule is CCOc1cccc2c1nc(CCl)n2C1CCS(=O)CC1. The molecule has 2 aromatic rings. The first-order chi connectivity index (χ1) is 10.2.